The van der Waals surface area contributed by atoms with Crippen molar-refractivity contribution in [2.45, 2.75) is 38.9 Å². The van der Waals surface area contributed by atoms with Crippen molar-refractivity contribution in [1.29, 1.82) is 0 Å². The van der Waals surface area contributed by atoms with Gasteiger partial charge in [-0.05, 0) is 20.8 Å². The first kappa shape index (κ1) is 14.7. The van der Waals surface area contributed by atoms with Crippen LogP contribution in [-0.4, -0.2) is 47.3 Å². The molecule has 1 fully saturated rings. The third-order valence-corrected chi connectivity index (χ3v) is 3.08. The van der Waals surface area contributed by atoms with Crippen LogP contribution in [0.3, 0.4) is 0 Å². The summed E-state index contributed by atoms with van der Waals surface area (Å²) in [5.41, 5.74) is -1.72. The fourth-order valence-corrected chi connectivity index (χ4v) is 1.98. The Kier molecular flexibility index (Phi) is 3.70. The van der Waals surface area contributed by atoms with Gasteiger partial charge < -0.3 is 14.4 Å². The number of ether oxygens (including phenoxy) is 1. The zero-order valence-corrected chi connectivity index (χ0v) is 11.8. The van der Waals surface area contributed by atoms with Gasteiger partial charge in [0.25, 0.3) is 0 Å². The number of nitrogens with zero attached hydrogens (tertiary/aromatic N) is 3. The van der Waals surface area contributed by atoms with E-state index in [4.69, 9.17) is 9.26 Å². The van der Waals surface area contributed by atoms with Crippen LogP contribution in [-0.2, 0) is 10.4 Å². The number of amides is 2. The molecule has 0 radical (unpaired) electrons. The highest BCUT2D eigenvalue weighted by atomic mass is 19.1. The minimum atomic E-state index is -1.72. The normalized spacial score (nSPS) is 23.8. The third-order valence-electron chi connectivity index (χ3n) is 3.08. The first-order chi connectivity index (χ1) is 9.27. The molecule has 1 aliphatic rings. The minimum Gasteiger partial charge on any atom is -0.369 e. The molecule has 2 rings (SSSR count). The average Bonchev–Trinajstić information content (AvgIpc) is 2.90. The predicted molar refractivity (Wildman–Crippen MR) is 67.7 cm³/mol. The summed E-state index contributed by atoms with van der Waals surface area (Å²) in [4.78, 5) is 14.4. The van der Waals surface area contributed by atoms with Crippen LogP contribution in [0.2, 0.25) is 0 Å². The molecule has 1 unspecified atom stereocenters. The number of aliphatic hydroxyl groups is 1. The van der Waals surface area contributed by atoms with Gasteiger partial charge in [0.15, 0.2) is 29.7 Å². The topological polar surface area (TPSA) is 79.0 Å². The number of hydrogen-bond acceptors (Lipinski definition) is 5. The molecular formula is C12H18FN3O4. The monoisotopic (exact) mass is 287 g/mol. The zero-order valence-electron chi connectivity index (χ0n) is 11.8. The summed E-state index contributed by atoms with van der Waals surface area (Å²) in [5.74, 6) is 0.0345. The Labute approximate surface area is 115 Å². The Morgan fingerprint density at radius 1 is 1.60 bits per heavy atom. The van der Waals surface area contributed by atoms with Gasteiger partial charge in [-0.3, -0.25) is 4.90 Å². The molecule has 112 valence electrons. The molecule has 8 heteroatoms. The van der Waals surface area contributed by atoms with E-state index in [0.717, 1.165) is 4.90 Å². The van der Waals surface area contributed by atoms with E-state index in [1.165, 1.54) is 31.9 Å². The van der Waals surface area contributed by atoms with E-state index in [-0.39, 0.29) is 11.6 Å². The maximum Gasteiger partial charge on any atom is 0.330 e. The van der Waals surface area contributed by atoms with Crippen LogP contribution in [0.4, 0.5) is 15.0 Å². The Bertz CT molecular complexity index is 499. The lowest BCUT2D eigenvalue weighted by Gasteiger charge is -2.20. The summed E-state index contributed by atoms with van der Waals surface area (Å²) in [7, 11) is 1.51. The maximum absolute atomic E-state index is 13.8. The maximum atomic E-state index is 13.8. The summed E-state index contributed by atoms with van der Waals surface area (Å²) in [6.07, 6.45) is -2.03. The van der Waals surface area contributed by atoms with Crippen LogP contribution in [0.5, 0.6) is 0 Å². The Morgan fingerprint density at radius 2 is 2.25 bits per heavy atom. The number of carbonyl (C=O) groups excluding carboxylic acids is 1. The molecule has 2 atom stereocenters. The molecule has 1 saturated heterocycles. The van der Waals surface area contributed by atoms with Crippen molar-refractivity contribution in [2.24, 2.45) is 0 Å². The highest BCUT2D eigenvalue weighted by molar-refractivity contribution is 5.93. The Morgan fingerprint density at radius 3 is 2.75 bits per heavy atom. The standard InChI is InChI=1S/C12H18FN3O4/c1-5-19-10-9(17)16(11(18)15(10)4)8-6-7(20-14-8)12(2,3)13/h6,9-10,17H,5H2,1-4H3/t9?,10-/m1/s1. The molecule has 0 aromatic carbocycles. The summed E-state index contributed by atoms with van der Waals surface area (Å²) < 4.78 is 23.9. The van der Waals surface area contributed by atoms with E-state index in [1.54, 1.807) is 6.92 Å². The number of hydrogen-bond donors (Lipinski definition) is 1. The van der Waals surface area contributed by atoms with E-state index in [9.17, 15) is 14.3 Å². The van der Waals surface area contributed by atoms with Crippen molar-refractivity contribution in [3.05, 3.63) is 11.8 Å². The fourth-order valence-electron chi connectivity index (χ4n) is 1.98. The number of anilines is 1. The van der Waals surface area contributed by atoms with Gasteiger partial charge in [-0.1, -0.05) is 5.16 Å². The van der Waals surface area contributed by atoms with Gasteiger partial charge in [-0.2, -0.15) is 0 Å². The largest absolute Gasteiger partial charge is 0.369 e. The van der Waals surface area contributed by atoms with Gasteiger partial charge in [0.05, 0.1) is 0 Å². The molecular weight excluding hydrogens is 269 g/mol. The van der Waals surface area contributed by atoms with Gasteiger partial charge in [-0.25, -0.2) is 14.1 Å². The number of aromatic nitrogens is 1. The molecule has 0 spiro atoms. The lowest BCUT2D eigenvalue weighted by Crippen LogP contribution is -2.38. The second-order valence-electron chi connectivity index (χ2n) is 5.04. The zero-order chi connectivity index (χ0) is 15.1. The highest BCUT2D eigenvalue weighted by Crippen LogP contribution is 2.31. The van der Waals surface area contributed by atoms with E-state index < -0.39 is 24.2 Å². The quantitative estimate of drug-likeness (QED) is 0.906. The summed E-state index contributed by atoms with van der Waals surface area (Å²) in [6.45, 7) is 4.73. The predicted octanol–water partition coefficient (Wildman–Crippen LogP) is 1.43. The number of urea groups is 1. The van der Waals surface area contributed by atoms with Crippen molar-refractivity contribution < 1.29 is 23.6 Å². The average molecular weight is 287 g/mol. The number of likely N-dealkylation sites (N-methyl/N-ethyl adjacent to an activating group) is 1. The van der Waals surface area contributed by atoms with Crippen molar-refractivity contribution >= 4 is 11.8 Å². The molecule has 2 heterocycles. The van der Waals surface area contributed by atoms with Crippen LogP contribution in [0.15, 0.2) is 10.6 Å². The molecule has 0 aliphatic carbocycles. The van der Waals surface area contributed by atoms with Crippen LogP contribution < -0.4 is 4.90 Å². The smallest absolute Gasteiger partial charge is 0.330 e. The van der Waals surface area contributed by atoms with Gasteiger partial charge >= 0.3 is 6.03 Å². The van der Waals surface area contributed by atoms with Gasteiger partial charge in [0.2, 0.25) is 0 Å². The summed E-state index contributed by atoms with van der Waals surface area (Å²) in [5, 5.41) is 13.8. The number of aliphatic hydroxyl groups excluding tert-OH is 1. The minimum absolute atomic E-state index is 0.0185. The van der Waals surface area contributed by atoms with Gasteiger partial charge in [0, 0.05) is 19.7 Å². The highest BCUT2D eigenvalue weighted by Gasteiger charge is 2.46. The molecule has 20 heavy (non-hydrogen) atoms. The second kappa shape index (κ2) is 5.02. The van der Waals surface area contributed by atoms with Crippen LogP contribution in [0.1, 0.15) is 26.5 Å². The molecule has 1 aliphatic heterocycles. The summed E-state index contributed by atoms with van der Waals surface area (Å²) >= 11 is 0. The van der Waals surface area contributed by atoms with E-state index >= 15 is 0 Å². The first-order valence-corrected chi connectivity index (χ1v) is 6.29. The van der Waals surface area contributed by atoms with Crippen LogP contribution in [0.25, 0.3) is 0 Å². The van der Waals surface area contributed by atoms with E-state index in [2.05, 4.69) is 5.16 Å². The molecule has 1 aromatic heterocycles. The van der Waals surface area contributed by atoms with Crippen molar-refractivity contribution in [3.63, 3.8) is 0 Å². The second-order valence-corrected chi connectivity index (χ2v) is 5.04. The van der Waals surface area contributed by atoms with E-state index in [1.807, 2.05) is 0 Å². The van der Waals surface area contributed by atoms with Crippen molar-refractivity contribution in [1.82, 2.24) is 10.1 Å². The molecule has 7 nitrogen and oxygen atoms in total. The fraction of sp³-hybridized carbons (Fsp3) is 0.667. The van der Waals surface area contributed by atoms with Crippen molar-refractivity contribution in [3.8, 4) is 0 Å². The number of halogens is 1. The summed E-state index contributed by atoms with van der Waals surface area (Å²) in [6, 6.07) is 0.802. The third kappa shape index (κ3) is 2.36. The Balaban J connectivity index is 2.28. The van der Waals surface area contributed by atoms with Gasteiger partial charge in [0.1, 0.15) is 0 Å². The molecule has 0 bridgehead atoms. The molecule has 2 amide bonds. The first-order valence-electron chi connectivity index (χ1n) is 6.29. The number of alkyl halides is 1. The van der Waals surface area contributed by atoms with E-state index in [0.29, 0.717) is 6.61 Å². The van der Waals surface area contributed by atoms with Crippen molar-refractivity contribution in [2.75, 3.05) is 18.6 Å². The lowest BCUT2D eigenvalue weighted by atomic mass is 10.1. The number of carbonyl (C=O) groups is 1. The van der Waals surface area contributed by atoms with Crippen LogP contribution in [0, 0.1) is 0 Å². The Hall–Kier alpha value is -1.67. The van der Waals surface area contributed by atoms with Gasteiger partial charge in [-0.15, -0.1) is 0 Å². The lowest BCUT2D eigenvalue weighted by molar-refractivity contribution is -0.0688. The molecule has 1 aromatic rings. The van der Waals surface area contributed by atoms with Crippen LogP contribution >= 0.6 is 0 Å². The SMILES string of the molecule is CCO[C@@H]1C(O)N(c2cc(C(C)(C)F)on2)C(=O)N1C. The molecule has 0 saturated carbocycles. The molecule has 1 N–H and O–H groups in total. The number of rotatable bonds is 4.